The molecule has 37 heavy (non-hydrogen) atoms. The molecular formula is C29H34N2O5S. The van der Waals surface area contributed by atoms with Gasteiger partial charge in [0.05, 0.1) is 34.2 Å². The zero-order valence-electron chi connectivity index (χ0n) is 21.1. The van der Waals surface area contributed by atoms with Gasteiger partial charge >= 0.3 is 5.97 Å². The SMILES string of the molecule is O=C(O)c1ccc2nc(C3(O)CCC(OCc4c(C5CCC6(CC5)CC6)noc4C4CC4)CC3)sc2c1. The average molecular weight is 523 g/mol. The van der Waals surface area contributed by atoms with Gasteiger partial charge in [0, 0.05) is 17.4 Å². The third-order valence-electron chi connectivity index (χ3n) is 9.44. The van der Waals surface area contributed by atoms with E-state index >= 15 is 0 Å². The van der Waals surface area contributed by atoms with E-state index in [0.717, 1.165) is 34.5 Å². The first-order chi connectivity index (χ1) is 17.9. The Morgan fingerprint density at radius 3 is 2.46 bits per heavy atom. The third-order valence-corrected chi connectivity index (χ3v) is 10.7. The van der Waals surface area contributed by atoms with Gasteiger partial charge in [-0.2, -0.15) is 0 Å². The maximum absolute atomic E-state index is 11.4. The lowest BCUT2D eigenvalue weighted by Crippen LogP contribution is -2.34. The number of carboxylic acids is 1. The normalized spacial score (nSPS) is 27.6. The van der Waals surface area contributed by atoms with E-state index in [0.29, 0.717) is 41.7 Å². The van der Waals surface area contributed by atoms with Gasteiger partial charge < -0.3 is 19.5 Å². The van der Waals surface area contributed by atoms with Crippen molar-refractivity contribution in [3.63, 3.8) is 0 Å². The fourth-order valence-corrected chi connectivity index (χ4v) is 7.71. The number of ether oxygens (including phenoxy) is 1. The van der Waals surface area contributed by atoms with Crippen molar-refractivity contribution in [3.8, 4) is 0 Å². The van der Waals surface area contributed by atoms with E-state index in [4.69, 9.17) is 9.26 Å². The molecule has 0 atom stereocenters. The molecule has 4 saturated carbocycles. The second kappa shape index (κ2) is 8.89. The van der Waals surface area contributed by atoms with Crippen molar-refractivity contribution in [3.05, 3.63) is 45.8 Å². The largest absolute Gasteiger partial charge is 0.478 e. The molecule has 0 amide bonds. The molecule has 3 aromatic rings. The van der Waals surface area contributed by atoms with Gasteiger partial charge in [0.15, 0.2) is 0 Å². The van der Waals surface area contributed by atoms with E-state index in [1.165, 1.54) is 68.3 Å². The van der Waals surface area contributed by atoms with Crippen LogP contribution in [-0.4, -0.2) is 32.4 Å². The molecule has 0 unspecified atom stereocenters. The highest BCUT2D eigenvalue weighted by Crippen LogP contribution is 2.59. The molecule has 1 spiro atoms. The Balaban J connectivity index is 1.01. The van der Waals surface area contributed by atoms with E-state index in [9.17, 15) is 15.0 Å². The molecule has 0 saturated heterocycles. The molecule has 4 aliphatic rings. The maximum Gasteiger partial charge on any atom is 0.335 e. The van der Waals surface area contributed by atoms with Crippen LogP contribution in [0.15, 0.2) is 22.7 Å². The van der Waals surface area contributed by atoms with Crippen molar-refractivity contribution in [2.75, 3.05) is 0 Å². The Bertz CT molecular complexity index is 1320. The number of rotatable bonds is 7. The van der Waals surface area contributed by atoms with Gasteiger partial charge in [0.25, 0.3) is 0 Å². The molecule has 2 N–H and O–H groups in total. The number of aromatic carboxylic acids is 1. The van der Waals surface area contributed by atoms with Crippen LogP contribution in [0.3, 0.4) is 0 Å². The minimum absolute atomic E-state index is 0.0872. The number of nitrogens with zero attached hydrogens (tertiary/aromatic N) is 2. The van der Waals surface area contributed by atoms with E-state index in [1.807, 2.05) is 0 Å². The van der Waals surface area contributed by atoms with Gasteiger partial charge in [-0.15, -0.1) is 11.3 Å². The van der Waals surface area contributed by atoms with Crippen LogP contribution in [0.25, 0.3) is 10.2 Å². The lowest BCUT2D eigenvalue weighted by molar-refractivity contribution is -0.0642. The van der Waals surface area contributed by atoms with Crippen molar-refractivity contribution in [2.45, 2.75) is 107 Å². The van der Waals surface area contributed by atoms with Crippen LogP contribution >= 0.6 is 11.3 Å². The topological polar surface area (TPSA) is 106 Å². The summed E-state index contributed by atoms with van der Waals surface area (Å²) in [7, 11) is 0. The smallest absolute Gasteiger partial charge is 0.335 e. The fraction of sp³-hybridized carbons (Fsp3) is 0.621. The number of thiazole rings is 1. The monoisotopic (exact) mass is 522 g/mol. The summed E-state index contributed by atoms with van der Waals surface area (Å²) in [6.07, 6.45) is 13.1. The number of carboxylic acid groups (broad SMARTS) is 1. The summed E-state index contributed by atoms with van der Waals surface area (Å²) in [4.78, 5) is 16.0. The van der Waals surface area contributed by atoms with Gasteiger partial charge in [0.1, 0.15) is 16.4 Å². The molecular weight excluding hydrogens is 488 g/mol. The first-order valence-electron chi connectivity index (χ1n) is 13.9. The molecule has 8 heteroatoms. The molecule has 2 heterocycles. The highest BCUT2D eigenvalue weighted by Gasteiger charge is 2.46. The highest BCUT2D eigenvalue weighted by atomic mass is 32.1. The number of fused-ring (bicyclic) bond motifs is 1. The molecule has 196 valence electrons. The van der Waals surface area contributed by atoms with Gasteiger partial charge in [-0.05, 0) is 101 Å². The predicted molar refractivity (Wildman–Crippen MR) is 139 cm³/mol. The zero-order valence-corrected chi connectivity index (χ0v) is 21.9. The highest BCUT2D eigenvalue weighted by molar-refractivity contribution is 7.18. The standard InChI is InChI=1S/C29H34N2O5S/c32-26(33)19-3-4-22-23(15-19)37-27(30-22)29(34)11-7-20(8-12-29)35-16-21-24(31-36-25(21)18-1-2-18)17-5-9-28(10-6-17)13-14-28/h3-4,15,17-18,20,34H,1-2,5-14,16H2,(H,32,33). The van der Waals surface area contributed by atoms with Gasteiger partial charge in [-0.1, -0.05) is 5.16 Å². The average Bonchev–Trinajstić information content (AvgIpc) is 3.80. The third kappa shape index (κ3) is 4.51. The summed E-state index contributed by atoms with van der Waals surface area (Å²) < 4.78 is 13.2. The number of hydrogen-bond acceptors (Lipinski definition) is 7. The summed E-state index contributed by atoms with van der Waals surface area (Å²) in [6.45, 7) is 0.550. The van der Waals surface area contributed by atoms with Crippen LogP contribution < -0.4 is 0 Å². The van der Waals surface area contributed by atoms with Crippen LogP contribution in [0.5, 0.6) is 0 Å². The molecule has 7 nitrogen and oxygen atoms in total. The number of aromatic nitrogens is 2. The molecule has 7 rings (SSSR count). The lowest BCUT2D eigenvalue weighted by Gasteiger charge is -2.34. The second-order valence-electron chi connectivity index (χ2n) is 12.0. The van der Waals surface area contributed by atoms with Gasteiger partial charge in [-0.3, -0.25) is 0 Å². The van der Waals surface area contributed by atoms with Crippen LogP contribution in [0.4, 0.5) is 0 Å². The minimum atomic E-state index is -0.991. The molecule has 0 radical (unpaired) electrons. The molecule has 2 aromatic heterocycles. The second-order valence-corrected chi connectivity index (χ2v) is 13.0. The fourth-order valence-electron chi connectivity index (χ4n) is 6.55. The summed E-state index contributed by atoms with van der Waals surface area (Å²) in [5, 5.41) is 26.0. The quantitative estimate of drug-likeness (QED) is 0.358. The summed E-state index contributed by atoms with van der Waals surface area (Å²) in [6, 6.07) is 4.93. The van der Waals surface area contributed by atoms with E-state index in [-0.39, 0.29) is 11.7 Å². The first kappa shape index (κ1) is 23.8. The first-order valence-corrected chi connectivity index (χ1v) is 14.7. The van der Waals surface area contributed by atoms with Crippen molar-refractivity contribution >= 4 is 27.5 Å². The molecule has 4 fully saturated rings. The maximum atomic E-state index is 11.4. The number of benzene rings is 1. The lowest BCUT2D eigenvalue weighted by atomic mass is 9.77. The Morgan fingerprint density at radius 1 is 1.03 bits per heavy atom. The Kier molecular flexibility index (Phi) is 5.72. The van der Waals surface area contributed by atoms with Crippen LogP contribution in [-0.2, 0) is 16.9 Å². The van der Waals surface area contributed by atoms with Crippen LogP contribution in [0, 0.1) is 5.41 Å². The molecule has 1 aromatic carbocycles. The number of aliphatic hydroxyl groups is 1. The summed E-state index contributed by atoms with van der Waals surface area (Å²) in [5.74, 6) is 1.11. The van der Waals surface area contributed by atoms with Crippen molar-refractivity contribution in [1.82, 2.24) is 10.1 Å². The van der Waals surface area contributed by atoms with Gasteiger partial charge in [-0.25, -0.2) is 9.78 Å². The van der Waals surface area contributed by atoms with Crippen molar-refractivity contribution in [1.29, 1.82) is 0 Å². The predicted octanol–water partition coefficient (Wildman–Crippen LogP) is 6.64. The Labute approximate surface area is 220 Å². The van der Waals surface area contributed by atoms with Gasteiger partial charge in [0.2, 0.25) is 0 Å². The molecule has 0 bridgehead atoms. The van der Waals surface area contributed by atoms with E-state index in [2.05, 4.69) is 10.1 Å². The minimum Gasteiger partial charge on any atom is -0.478 e. The summed E-state index contributed by atoms with van der Waals surface area (Å²) >= 11 is 1.39. The summed E-state index contributed by atoms with van der Waals surface area (Å²) in [5.41, 5.74) is 3.01. The van der Waals surface area contributed by atoms with E-state index in [1.54, 1.807) is 18.2 Å². The van der Waals surface area contributed by atoms with Crippen LogP contribution in [0.2, 0.25) is 0 Å². The van der Waals surface area contributed by atoms with Crippen LogP contribution in [0.1, 0.15) is 121 Å². The Morgan fingerprint density at radius 2 is 1.78 bits per heavy atom. The number of hydrogen-bond donors (Lipinski definition) is 2. The van der Waals surface area contributed by atoms with Crippen molar-refractivity contribution in [2.24, 2.45) is 5.41 Å². The Hall–Kier alpha value is -2.29. The number of carbonyl (C=O) groups is 1. The van der Waals surface area contributed by atoms with E-state index < -0.39 is 11.6 Å². The zero-order chi connectivity index (χ0) is 25.2. The van der Waals surface area contributed by atoms with Crippen molar-refractivity contribution < 1.29 is 24.3 Å². The molecule has 4 aliphatic carbocycles. The molecule has 0 aliphatic heterocycles.